The molecule has 0 fully saturated rings. The van der Waals surface area contributed by atoms with E-state index in [0.717, 1.165) is 40.3 Å². The fraction of sp³-hybridized carbons (Fsp3) is 0.0857. The molecule has 0 spiro atoms. The molecule has 10 nitrogen and oxygen atoms in total. The first kappa shape index (κ1) is 44.4. The SMILES string of the molecule is CCO.O=S(=O)([O-])C(F)(F)F.[Fe+3].[O-]c1ccc(I)cc1C=Nc1cccc2cccnc12.[O-]c1ccc(I)cc1C=Nc1cccc2cccnc12. The number of para-hydroxylation sites is 2. The second-order valence-electron chi connectivity index (χ2n) is 9.80. The third-order valence-corrected chi connectivity index (χ3v) is 8.04. The van der Waals surface area contributed by atoms with Crippen LogP contribution < -0.4 is 10.2 Å². The Morgan fingerprint density at radius 2 is 1.08 bits per heavy atom. The number of rotatable bonds is 4. The quantitative estimate of drug-likeness (QED) is 0.0627. The molecular weight excluding hydrogens is 971 g/mol. The summed E-state index contributed by atoms with van der Waals surface area (Å²) in [4.78, 5) is 17.5. The molecule has 271 valence electrons. The zero-order chi connectivity index (χ0) is 37.6. The van der Waals surface area contributed by atoms with Crippen LogP contribution in [0.2, 0.25) is 0 Å². The van der Waals surface area contributed by atoms with E-state index in [4.69, 9.17) is 18.1 Å². The number of hydrogen-bond acceptors (Lipinski definition) is 10. The van der Waals surface area contributed by atoms with Crippen molar-refractivity contribution in [2.75, 3.05) is 6.61 Å². The van der Waals surface area contributed by atoms with Crippen molar-refractivity contribution in [2.24, 2.45) is 9.98 Å². The first-order chi connectivity index (χ1) is 24.1. The maximum absolute atomic E-state index is 11.7. The second-order valence-corrected chi connectivity index (χ2v) is 13.7. The average Bonchev–Trinajstić information content (AvgIpc) is 3.09. The number of aromatic nitrogens is 2. The second kappa shape index (κ2) is 21.1. The minimum absolute atomic E-state index is 0. The van der Waals surface area contributed by atoms with E-state index in [2.05, 4.69) is 65.1 Å². The number of alkyl halides is 3. The number of halogens is 5. The normalized spacial score (nSPS) is 11.2. The van der Waals surface area contributed by atoms with Gasteiger partial charge < -0.3 is 19.9 Å². The van der Waals surface area contributed by atoms with Gasteiger partial charge >= 0.3 is 22.6 Å². The number of aliphatic hydroxyl groups is 1. The van der Waals surface area contributed by atoms with Crippen LogP contribution in [0.3, 0.4) is 0 Å². The molecule has 4 aromatic carbocycles. The molecule has 2 heterocycles. The average molecular weight is 997 g/mol. The van der Waals surface area contributed by atoms with Crippen LogP contribution in [0.15, 0.2) is 119 Å². The molecule has 52 heavy (non-hydrogen) atoms. The van der Waals surface area contributed by atoms with Crippen molar-refractivity contribution >= 4 is 101 Å². The Bertz CT molecular complexity index is 2120. The molecule has 0 atom stereocenters. The molecule has 0 aliphatic rings. The van der Waals surface area contributed by atoms with E-state index >= 15 is 0 Å². The molecule has 0 saturated carbocycles. The van der Waals surface area contributed by atoms with Crippen molar-refractivity contribution < 1.29 is 58.5 Å². The molecule has 0 aliphatic carbocycles. The number of fused-ring (bicyclic) bond motifs is 2. The molecule has 1 N–H and O–H groups in total. The summed E-state index contributed by atoms with van der Waals surface area (Å²) in [7, 11) is -6.09. The van der Waals surface area contributed by atoms with E-state index in [1.54, 1.807) is 56.0 Å². The molecule has 0 aliphatic heterocycles. The van der Waals surface area contributed by atoms with Gasteiger partial charge in [-0.15, -0.1) is 0 Å². The third-order valence-electron chi connectivity index (χ3n) is 6.14. The van der Waals surface area contributed by atoms with Crippen LogP contribution in [0.4, 0.5) is 24.5 Å². The first-order valence-corrected chi connectivity index (χ1v) is 18.0. The predicted molar refractivity (Wildman–Crippen MR) is 204 cm³/mol. The van der Waals surface area contributed by atoms with E-state index < -0.39 is 15.6 Å². The number of benzene rings is 4. The van der Waals surface area contributed by atoms with Crippen LogP contribution in [0.1, 0.15) is 18.1 Å². The molecule has 2 aromatic heterocycles. The maximum atomic E-state index is 11.7. The summed E-state index contributed by atoms with van der Waals surface area (Å²) in [6.07, 6.45) is 6.69. The van der Waals surface area contributed by atoms with Gasteiger partial charge in [0, 0.05) is 49.3 Å². The summed E-state index contributed by atoms with van der Waals surface area (Å²) in [6.45, 7) is 1.93. The number of aliphatic hydroxyl groups excluding tert-OH is 1. The summed E-state index contributed by atoms with van der Waals surface area (Å²) in [5.74, 6) is -0.0512. The number of hydrogen-bond donors (Lipinski definition) is 1. The van der Waals surface area contributed by atoms with Crippen LogP contribution in [0.5, 0.6) is 11.5 Å². The first-order valence-electron chi connectivity index (χ1n) is 14.5. The van der Waals surface area contributed by atoms with Gasteiger partial charge in [0.05, 0.1) is 22.4 Å². The Hall–Kier alpha value is -3.72. The van der Waals surface area contributed by atoms with Crippen molar-refractivity contribution in [3.05, 3.63) is 128 Å². The standard InChI is InChI=1S/2C16H11IN2O.C2H6O.CHF3O3S.Fe/c2*17-13-6-7-15(20)12(9-13)10-19-14-5-1-3-11-4-2-8-18-16(11)14;1-2-3;2-1(3,4)8(5,6)7;/h2*1-10,20H;3H,2H2,1H3;(H,5,6,7);/q;;;;+3/p-3. The maximum Gasteiger partial charge on any atom is 3.00 e. The summed E-state index contributed by atoms with van der Waals surface area (Å²) in [5.41, 5.74) is -1.27. The molecular formula is C35H26F3FeI2N4O6S. The van der Waals surface area contributed by atoms with Crippen LogP contribution in [-0.2, 0) is 27.2 Å². The fourth-order valence-electron chi connectivity index (χ4n) is 3.90. The van der Waals surface area contributed by atoms with Crippen molar-refractivity contribution in [2.45, 2.75) is 12.4 Å². The third kappa shape index (κ3) is 13.7. The van der Waals surface area contributed by atoms with E-state index in [0.29, 0.717) is 11.1 Å². The van der Waals surface area contributed by atoms with E-state index in [-0.39, 0.29) is 35.2 Å². The summed E-state index contributed by atoms with van der Waals surface area (Å²) in [6, 6.07) is 29.8. The van der Waals surface area contributed by atoms with Gasteiger partial charge in [0.2, 0.25) is 0 Å². The molecule has 0 unspecified atom stereocenters. The molecule has 0 bridgehead atoms. The summed E-state index contributed by atoms with van der Waals surface area (Å²) >= 11 is 4.36. The number of nitrogens with zero attached hydrogens (tertiary/aromatic N) is 4. The van der Waals surface area contributed by atoms with Crippen LogP contribution >= 0.6 is 45.2 Å². The predicted octanol–water partition coefficient (Wildman–Crippen LogP) is 7.37. The Balaban J connectivity index is 0.000000278. The molecule has 0 amide bonds. The molecule has 17 heteroatoms. The zero-order valence-corrected chi connectivity index (χ0v) is 32.9. The van der Waals surface area contributed by atoms with E-state index in [1.165, 1.54) is 0 Å². The molecule has 1 radical (unpaired) electrons. The molecule has 6 rings (SSSR count). The Morgan fingerprint density at radius 3 is 1.42 bits per heavy atom. The summed E-state index contributed by atoms with van der Waals surface area (Å²) in [5, 5.41) is 33.1. The van der Waals surface area contributed by atoms with Gasteiger partial charge in [0.1, 0.15) is 0 Å². The molecule has 0 saturated heterocycles. The van der Waals surface area contributed by atoms with Gasteiger partial charge in [0.15, 0.2) is 10.1 Å². The largest absolute Gasteiger partial charge is 3.00 e. The summed E-state index contributed by atoms with van der Waals surface area (Å²) < 4.78 is 60.9. The Morgan fingerprint density at radius 1 is 0.731 bits per heavy atom. The van der Waals surface area contributed by atoms with Crippen molar-refractivity contribution in [3.8, 4) is 11.5 Å². The van der Waals surface area contributed by atoms with Gasteiger partial charge in [-0.3, -0.25) is 20.0 Å². The van der Waals surface area contributed by atoms with E-state index in [1.807, 2.05) is 72.8 Å². The van der Waals surface area contributed by atoms with Crippen molar-refractivity contribution in [1.82, 2.24) is 9.97 Å². The van der Waals surface area contributed by atoms with Crippen LogP contribution in [-0.4, -0.2) is 52.6 Å². The topological polar surface area (TPSA) is 174 Å². The van der Waals surface area contributed by atoms with Gasteiger partial charge in [-0.2, -0.15) is 13.2 Å². The van der Waals surface area contributed by atoms with Gasteiger partial charge in [0.25, 0.3) is 0 Å². The van der Waals surface area contributed by atoms with E-state index in [9.17, 15) is 23.4 Å². The van der Waals surface area contributed by atoms with Crippen molar-refractivity contribution in [3.63, 3.8) is 0 Å². The number of aliphatic imine (C=N–C) groups is 2. The smallest absolute Gasteiger partial charge is 0.872 e. The van der Waals surface area contributed by atoms with Gasteiger partial charge in [-0.25, -0.2) is 8.42 Å². The van der Waals surface area contributed by atoms with Crippen LogP contribution in [0, 0.1) is 7.14 Å². The Labute approximate surface area is 335 Å². The van der Waals surface area contributed by atoms with Gasteiger partial charge in [-0.05, 0) is 112 Å². The fourth-order valence-corrected chi connectivity index (χ4v) is 4.93. The van der Waals surface area contributed by atoms with Gasteiger partial charge in [-0.1, -0.05) is 60.0 Å². The molecule has 6 aromatic rings. The Kier molecular flexibility index (Phi) is 18.0. The zero-order valence-electron chi connectivity index (χ0n) is 26.7. The monoisotopic (exact) mass is 997 g/mol. The van der Waals surface area contributed by atoms with Crippen molar-refractivity contribution in [1.29, 1.82) is 0 Å². The number of pyridine rings is 2. The van der Waals surface area contributed by atoms with Crippen LogP contribution in [0.25, 0.3) is 21.8 Å². The minimum atomic E-state index is -6.09. The minimum Gasteiger partial charge on any atom is -0.872 e.